The Balaban J connectivity index is 1.64. The summed E-state index contributed by atoms with van der Waals surface area (Å²) < 4.78 is 39.6. The van der Waals surface area contributed by atoms with E-state index in [0.29, 0.717) is 23.6 Å². The highest BCUT2D eigenvalue weighted by atomic mass is 32.2. The van der Waals surface area contributed by atoms with E-state index in [1.807, 2.05) is 45.0 Å². The van der Waals surface area contributed by atoms with Crippen LogP contribution in [0.1, 0.15) is 37.4 Å². The maximum absolute atomic E-state index is 13.6. The molecule has 0 radical (unpaired) electrons. The molecule has 184 valence electrons. The van der Waals surface area contributed by atoms with Crippen LogP contribution in [0.15, 0.2) is 77.7 Å². The fourth-order valence-corrected chi connectivity index (χ4v) is 5.62. The molecule has 7 nitrogen and oxygen atoms in total. The minimum Gasteiger partial charge on any atom is -0.497 e. The summed E-state index contributed by atoms with van der Waals surface area (Å²) in [6.07, 6.45) is 0.559. The van der Waals surface area contributed by atoms with Crippen molar-refractivity contribution >= 4 is 21.6 Å². The Kier molecular flexibility index (Phi) is 6.76. The molecule has 1 aliphatic heterocycles. The molecular weight excluding hydrogens is 464 g/mol. The number of nitrogens with one attached hydrogen (secondary N) is 1. The predicted molar refractivity (Wildman–Crippen MR) is 135 cm³/mol. The minimum atomic E-state index is -4.00. The smallest absolute Gasteiger partial charge is 0.264 e. The van der Waals surface area contributed by atoms with Gasteiger partial charge in [0.05, 0.1) is 23.7 Å². The Morgan fingerprint density at radius 1 is 1.06 bits per heavy atom. The molecular formula is C27H30N2O5S. The SMILES string of the molecule is COc1ccc(N(CC(=O)NC2CC(C)(C)Oc3ccccc32)S(=O)(=O)c2ccc(C)cc2)cc1. The fourth-order valence-electron chi connectivity index (χ4n) is 4.20. The number of hydrogen-bond donors (Lipinski definition) is 1. The number of rotatable bonds is 7. The van der Waals surface area contributed by atoms with E-state index in [4.69, 9.17) is 9.47 Å². The van der Waals surface area contributed by atoms with Crippen molar-refractivity contribution in [3.8, 4) is 11.5 Å². The Labute approximate surface area is 206 Å². The van der Waals surface area contributed by atoms with Gasteiger partial charge < -0.3 is 14.8 Å². The molecule has 0 spiro atoms. The molecule has 0 saturated heterocycles. The standard InChI is InChI=1S/C27H30N2O5S/c1-19-9-15-22(16-10-19)35(31,32)29(20-11-13-21(33-4)14-12-20)18-26(30)28-24-17-27(2,3)34-25-8-6-5-7-23(24)25/h5-16,24H,17-18H2,1-4H3,(H,28,30). The zero-order valence-corrected chi connectivity index (χ0v) is 21.1. The number of benzene rings is 3. The highest BCUT2D eigenvalue weighted by Gasteiger charge is 2.35. The van der Waals surface area contributed by atoms with Gasteiger partial charge >= 0.3 is 0 Å². The molecule has 1 aliphatic rings. The van der Waals surface area contributed by atoms with Gasteiger partial charge in [-0.1, -0.05) is 35.9 Å². The average Bonchev–Trinajstić information content (AvgIpc) is 2.82. The summed E-state index contributed by atoms with van der Waals surface area (Å²) in [7, 11) is -2.46. The lowest BCUT2D eigenvalue weighted by molar-refractivity contribution is -0.120. The van der Waals surface area contributed by atoms with Crippen LogP contribution in [0.4, 0.5) is 5.69 Å². The molecule has 1 N–H and O–H groups in total. The minimum absolute atomic E-state index is 0.115. The first-order valence-corrected chi connectivity index (χ1v) is 12.8. The van der Waals surface area contributed by atoms with Gasteiger partial charge in [-0.2, -0.15) is 0 Å². The van der Waals surface area contributed by atoms with Crippen molar-refractivity contribution in [2.24, 2.45) is 0 Å². The number of carbonyl (C=O) groups is 1. The molecule has 0 bridgehead atoms. The van der Waals surface area contributed by atoms with Crippen molar-refractivity contribution in [2.75, 3.05) is 18.0 Å². The molecule has 1 amide bonds. The second-order valence-corrected chi connectivity index (χ2v) is 11.1. The lowest BCUT2D eigenvalue weighted by Gasteiger charge is -2.38. The van der Waals surface area contributed by atoms with E-state index in [9.17, 15) is 13.2 Å². The Morgan fingerprint density at radius 3 is 2.37 bits per heavy atom. The van der Waals surface area contributed by atoms with E-state index in [0.717, 1.165) is 15.4 Å². The number of para-hydroxylation sites is 1. The van der Waals surface area contributed by atoms with Gasteiger partial charge in [0.1, 0.15) is 23.6 Å². The molecule has 35 heavy (non-hydrogen) atoms. The van der Waals surface area contributed by atoms with Gasteiger partial charge in [0.2, 0.25) is 5.91 Å². The van der Waals surface area contributed by atoms with Crippen molar-refractivity contribution in [1.29, 1.82) is 0 Å². The monoisotopic (exact) mass is 494 g/mol. The fraction of sp³-hybridized carbons (Fsp3) is 0.296. The van der Waals surface area contributed by atoms with Gasteiger partial charge in [0.15, 0.2) is 0 Å². The first-order valence-electron chi connectivity index (χ1n) is 11.4. The van der Waals surface area contributed by atoms with E-state index in [1.54, 1.807) is 48.5 Å². The van der Waals surface area contributed by atoms with Crippen LogP contribution in [0, 0.1) is 6.92 Å². The Bertz CT molecular complexity index is 1300. The molecule has 0 aromatic heterocycles. The van der Waals surface area contributed by atoms with Gasteiger partial charge in [-0.3, -0.25) is 9.10 Å². The van der Waals surface area contributed by atoms with Crippen molar-refractivity contribution in [2.45, 2.75) is 43.7 Å². The first-order chi connectivity index (χ1) is 16.6. The Morgan fingerprint density at radius 2 is 1.71 bits per heavy atom. The summed E-state index contributed by atoms with van der Waals surface area (Å²) >= 11 is 0. The van der Waals surface area contributed by atoms with Gasteiger partial charge in [-0.25, -0.2) is 8.42 Å². The van der Waals surface area contributed by atoms with Crippen LogP contribution in [-0.2, 0) is 14.8 Å². The molecule has 1 unspecified atom stereocenters. The maximum atomic E-state index is 13.6. The second kappa shape index (κ2) is 9.62. The van der Waals surface area contributed by atoms with Crippen LogP contribution in [0.3, 0.4) is 0 Å². The molecule has 0 fully saturated rings. The predicted octanol–water partition coefficient (Wildman–Crippen LogP) is 4.62. The van der Waals surface area contributed by atoms with Crippen LogP contribution >= 0.6 is 0 Å². The number of fused-ring (bicyclic) bond motifs is 1. The Hall–Kier alpha value is -3.52. The zero-order valence-electron chi connectivity index (χ0n) is 20.3. The van der Waals surface area contributed by atoms with E-state index < -0.39 is 21.5 Å². The van der Waals surface area contributed by atoms with Gasteiger partial charge in [-0.05, 0) is 63.2 Å². The number of sulfonamides is 1. The van der Waals surface area contributed by atoms with Gasteiger partial charge in [0.25, 0.3) is 10.0 Å². The van der Waals surface area contributed by atoms with E-state index >= 15 is 0 Å². The lowest BCUT2D eigenvalue weighted by Crippen LogP contribution is -2.45. The van der Waals surface area contributed by atoms with E-state index in [1.165, 1.54) is 7.11 Å². The largest absolute Gasteiger partial charge is 0.497 e. The van der Waals surface area contributed by atoms with Crippen LogP contribution in [-0.4, -0.2) is 33.6 Å². The summed E-state index contributed by atoms with van der Waals surface area (Å²) in [5, 5.41) is 3.04. The summed E-state index contributed by atoms with van der Waals surface area (Å²) in [6, 6.07) is 20.4. The molecule has 1 atom stereocenters. The number of anilines is 1. The highest BCUT2D eigenvalue weighted by Crippen LogP contribution is 2.39. The number of hydrogen-bond acceptors (Lipinski definition) is 5. The zero-order chi connectivity index (χ0) is 25.2. The van der Waals surface area contributed by atoms with E-state index in [2.05, 4.69) is 5.32 Å². The quantitative estimate of drug-likeness (QED) is 0.518. The van der Waals surface area contributed by atoms with Crippen molar-refractivity contribution < 1.29 is 22.7 Å². The van der Waals surface area contributed by atoms with Crippen LogP contribution in [0.25, 0.3) is 0 Å². The van der Waals surface area contributed by atoms with Crippen LogP contribution in [0.2, 0.25) is 0 Å². The van der Waals surface area contributed by atoms with Gasteiger partial charge in [0, 0.05) is 12.0 Å². The topological polar surface area (TPSA) is 84.9 Å². The lowest BCUT2D eigenvalue weighted by atomic mass is 9.89. The molecule has 3 aromatic rings. The summed E-state index contributed by atoms with van der Waals surface area (Å²) in [5.74, 6) is 0.897. The normalized spacial score (nSPS) is 16.5. The molecule has 8 heteroatoms. The highest BCUT2D eigenvalue weighted by molar-refractivity contribution is 7.92. The first kappa shape index (κ1) is 24.6. The third-order valence-electron chi connectivity index (χ3n) is 5.97. The summed E-state index contributed by atoms with van der Waals surface area (Å²) in [5.41, 5.74) is 1.71. The summed E-state index contributed by atoms with van der Waals surface area (Å²) in [4.78, 5) is 13.4. The van der Waals surface area contributed by atoms with Crippen LogP contribution in [0.5, 0.6) is 11.5 Å². The number of carbonyl (C=O) groups excluding carboxylic acids is 1. The van der Waals surface area contributed by atoms with Crippen molar-refractivity contribution in [3.05, 3.63) is 83.9 Å². The average molecular weight is 495 g/mol. The second-order valence-electron chi connectivity index (χ2n) is 9.25. The molecule has 4 rings (SSSR count). The number of nitrogens with zero attached hydrogens (tertiary/aromatic N) is 1. The number of ether oxygens (including phenoxy) is 2. The maximum Gasteiger partial charge on any atom is 0.264 e. The van der Waals surface area contributed by atoms with Crippen LogP contribution < -0.4 is 19.1 Å². The number of methoxy groups -OCH3 is 1. The summed E-state index contributed by atoms with van der Waals surface area (Å²) in [6.45, 7) is 5.45. The molecule has 1 heterocycles. The molecule has 3 aromatic carbocycles. The number of aryl methyl sites for hydroxylation is 1. The van der Waals surface area contributed by atoms with Crippen molar-refractivity contribution in [3.63, 3.8) is 0 Å². The van der Waals surface area contributed by atoms with E-state index in [-0.39, 0.29) is 17.5 Å². The van der Waals surface area contributed by atoms with Gasteiger partial charge in [-0.15, -0.1) is 0 Å². The third kappa shape index (κ3) is 5.43. The van der Waals surface area contributed by atoms with Crippen molar-refractivity contribution in [1.82, 2.24) is 5.32 Å². The molecule has 0 saturated carbocycles. The third-order valence-corrected chi connectivity index (χ3v) is 7.76. The number of amides is 1. The molecule has 0 aliphatic carbocycles.